The number of nitrogens with zero attached hydrogens (tertiary/aromatic N) is 2. The van der Waals surface area contributed by atoms with E-state index in [0.29, 0.717) is 12.1 Å². The standard InChI is InChI=1S/C25H29N3O/c1-27(2)23-16-14-21(15-17-23)24(28(3)4)18-26-25(29)22-12-10-20(11-13-22)19-8-6-5-7-9-19/h5-17,24H,18H2,1-4H3,(H,26,29)/t24-/m0/s1. The molecule has 3 aromatic carbocycles. The fourth-order valence-electron chi connectivity index (χ4n) is 3.33. The molecular formula is C25H29N3O. The Morgan fingerprint density at radius 3 is 1.93 bits per heavy atom. The fourth-order valence-corrected chi connectivity index (χ4v) is 3.33. The maximum absolute atomic E-state index is 12.7. The van der Waals surface area contributed by atoms with Crippen molar-refractivity contribution in [1.29, 1.82) is 0 Å². The van der Waals surface area contributed by atoms with Gasteiger partial charge in [0.25, 0.3) is 5.91 Å². The molecule has 0 aliphatic heterocycles. The van der Waals surface area contributed by atoms with E-state index in [1.165, 1.54) is 5.56 Å². The number of amides is 1. The van der Waals surface area contributed by atoms with Crippen molar-refractivity contribution in [3.05, 3.63) is 90.0 Å². The average molecular weight is 388 g/mol. The Morgan fingerprint density at radius 2 is 1.38 bits per heavy atom. The molecule has 1 amide bonds. The number of nitrogens with one attached hydrogen (secondary N) is 1. The highest BCUT2D eigenvalue weighted by molar-refractivity contribution is 5.94. The van der Waals surface area contributed by atoms with Crippen molar-refractivity contribution in [2.45, 2.75) is 6.04 Å². The monoisotopic (exact) mass is 387 g/mol. The molecule has 4 nitrogen and oxygen atoms in total. The van der Waals surface area contributed by atoms with Gasteiger partial charge in [0.15, 0.2) is 0 Å². The second kappa shape index (κ2) is 9.39. The summed E-state index contributed by atoms with van der Waals surface area (Å²) < 4.78 is 0. The summed E-state index contributed by atoms with van der Waals surface area (Å²) in [5.41, 5.74) is 5.27. The van der Waals surface area contributed by atoms with Gasteiger partial charge in [-0.1, -0.05) is 54.6 Å². The van der Waals surface area contributed by atoms with Gasteiger partial charge in [-0.3, -0.25) is 4.79 Å². The SMILES string of the molecule is CN(C)c1ccc([C@H](CNC(=O)c2ccc(-c3ccccc3)cc2)N(C)C)cc1. The van der Waals surface area contributed by atoms with Gasteiger partial charge in [0.05, 0.1) is 6.04 Å². The van der Waals surface area contributed by atoms with E-state index in [1.807, 2.05) is 70.7 Å². The fraction of sp³-hybridized carbons (Fsp3) is 0.240. The molecule has 0 aliphatic carbocycles. The molecule has 1 atom stereocenters. The molecule has 0 aliphatic rings. The maximum Gasteiger partial charge on any atom is 0.251 e. The van der Waals surface area contributed by atoms with Crippen LogP contribution >= 0.6 is 0 Å². The highest BCUT2D eigenvalue weighted by atomic mass is 16.1. The van der Waals surface area contributed by atoms with Crippen molar-refractivity contribution in [2.75, 3.05) is 39.6 Å². The van der Waals surface area contributed by atoms with Crippen LogP contribution in [0.5, 0.6) is 0 Å². The highest BCUT2D eigenvalue weighted by Gasteiger charge is 2.16. The van der Waals surface area contributed by atoms with Crippen molar-refractivity contribution in [2.24, 2.45) is 0 Å². The average Bonchev–Trinajstić information content (AvgIpc) is 2.74. The van der Waals surface area contributed by atoms with Crippen LogP contribution in [-0.4, -0.2) is 45.5 Å². The van der Waals surface area contributed by atoms with Crippen molar-refractivity contribution < 1.29 is 4.79 Å². The number of hydrogen-bond acceptors (Lipinski definition) is 3. The van der Waals surface area contributed by atoms with E-state index < -0.39 is 0 Å². The zero-order valence-corrected chi connectivity index (χ0v) is 17.6. The smallest absolute Gasteiger partial charge is 0.251 e. The Bertz CT molecular complexity index is 917. The van der Waals surface area contributed by atoms with Gasteiger partial charge >= 0.3 is 0 Å². The lowest BCUT2D eigenvalue weighted by Crippen LogP contribution is -2.34. The van der Waals surface area contributed by atoms with Crippen molar-refractivity contribution in [1.82, 2.24) is 10.2 Å². The Hall–Kier alpha value is -3.11. The van der Waals surface area contributed by atoms with Gasteiger partial charge in [0, 0.05) is 31.9 Å². The van der Waals surface area contributed by atoms with Gasteiger partial charge in [0.1, 0.15) is 0 Å². The molecular weight excluding hydrogens is 358 g/mol. The molecule has 3 aromatic rings. The normalized spacial score (nSPS) is 11.9. The Balaban J connectivity index is 1.66. The van der Waals surface area contributed by atoms with E-state index >= 15 is 0 Å². The molecule has 0 radical (unpaired) electrons. The molecule has 4 heteroatoms. The maximum atomic E-state index is 12.7. The summed E-state index contributed by atoms with van der Waals surface area (Å²) in [6, 6.07) is 26.5. The lowest BCUT2D eigenvalue weighted by Gasteiger charge is -2.26. The molecule has 0 heterocycles. The summed E-state index contributed by atoms with van der Waals surface area (Å²) in [7, 11) is 8.13. The summed E-state index contributed by atoms with van der Waals surface area (Å²) in [6.45, 7) is 0.549. The van der Waals surface area contributed by atoms with Crippen molar-refractivity contribution in [3.63, 3.8) is 0 Å². The van der Waals surface area contributed by atoms with Crippen LogP contribution in [0.1, 0.15) is 22.0 Å². The van der Waals surface area contributed by atoms with Crippen LogP contribution in [0.4, 0.5) is 5.69 Å². The second-order valence-electron chi connectivity index (χ2n) is 7.62. The Labute approximate surface area is 173 Å². The highest BCUT2D eigenvalue weighted by Crippen LogP contribution is 2.22. The molecule has 150 valence electrons. The molecule has 0 bridgehead atoms. The first-order valence-corrected chi connectivity index (χ1v) is 9.83. The predicted octanol–water partition coefficient (Wildman–Crippen LogP) is 4.45. The number of anilines is 1. The van der Waals surface area contributed by atoms with Gasteiger partial charge < -0.3 is 15.1 Å². The van der Waals surface area contributed by atoms with Crippen LogP contribution in [0, 0.1) is 0 Å². The third-order valence-corrected chi connectivity index (χ3v) is 5.13. The number of likely N-dealkylation sites (N-methyl/N-ethyl adjacent to an activating group) is 1. The first-order chi connectivity index (χ1) is 14.0. The van der Waals surface area contributed by atoms with Gasteiger partial charge in [-0.15, -0.1) is 0 Å². The lowest BCUT2D eigenvalue weighted by atomic mass is 10.0. The van der Waals surface area contributed by atoms with Gasteiger partial charge in [-0.05, 0) is 55.1 Å². The number of hydrogen-bond donors (Lipinski definition) is 1. The van der Waals surface area contributed by atoms with Gasteiger partial charge in [0.2, 0.25) is 0 Å². The number of benzene rings is 3. The molecule has 0 fully saturated rings. The van der Waals surface area contributed by atoms with Crippen molar-refractivity contribution in [3.8, 4) is 11.1 Å². The van der Waals surface area contributed by atoms with Crippen LogP contribution in [0.25, 0.3) is 11.1 Å². The summed E-state index contributed by atoms with van der Waals surface area (Å²) >= 11 is 0. The summed E-state index contributed by atoms with van der Waals surface area (Å²) in [4.78, 5) is 16.9. The molecule has 1 N–H and O–H groups in total. The minimum absolute atomic E-state index is 0.0543. The summed E-state index contributed by atoms with van der Waals surface area (Å²) in [6.07, 6.45) is 0. The molecule has 0 aromatic heterocycles. The molecule has 0 saturated heterocycles. The van der Waals surface area contributed by atoms with Crippen molar-refractivity contribution >= 4 is 11.6 Å². The van der Waals surface area contributed by atoms with Gasteiger partial charge in [-0.2, -0.15) is 0 Å². The van der Waals surface area contributed by atoms with Crippen LogP contribution in [0.2, 0.25) is 0 Å². The largest absolute Gasteiger partial charge is 0.378 e. The molecule has 0 unspecified atom stereocenters. The van der Waals surface area contributed by atoms with E-state index in [1.54, 1.807) is 0 Å². The van der Waals surface area contributed by atoms with Crippen LogP contribution in [-0.2, 0) is 0 Å². The van der Waals surface area contributed by atoms with E-state index in [4.69, 9.17) is 0 Å². The summed E-state index contributed by atoms with van der Waals surface area (Å²) in [5.74, 6) is -0.0543. The lowest BCUT2D eigenvalue weighted by molar-refractivity contribution is 0.0942. The van der Waals surface area contributed by atoms with Gasteiger partial charge in [-0.25, -0.2) is 0 Å². The molecule has 0 spiro atoms. The van der Waals surface area contributed by atoms with Crippen LogP contribution < -0.4 is 10.2 Å². The molecule has 0 saturated carbocycles. The number of carbonyl (C=O) groups is 1. The van der Waals surface area contributed by atoms with E-state index in [0.717, 1.165) is 16.8 Å². The zero-order chi connectivity index (χ0) is 20.8. The summed E-state index contributed by atoms with van der Waals surface area (Å²) in [5, 5.41) is 3.08. The topological polar surface area (TPSA) is 35.6 Å². The molecule has 29 heavy (non-hydrogen) atoms. The zero-order valence-electron chi connectivity index (χ0n) is 17.6. The first kappa shape index (κ1) is 20.6. The van der Waals surface area contributed by atoms with Crippen LogP contribution in [0.3, 0.4) is 0 Å². The van der Waals surface area contributed by atoms with E-state index in [-0.39, 0.29) is 11.9 Å². The third kappa shape index (κ3) is 5.24. The number of rotatable bonds is 7. The molecule has 3 rings (SSSR count). The predicted molar refractivity (Wildman–Crippen MR) is 121 cm³/mol. The minimum atomic E-state index is -0.0543. The second-order valence-corrected chi connectivity index (χ2v) is 7.62. The van der Waals surface area contributed by atoms with Crippen LogP contribution in [0.15, 0.2) is 78.9 Å². The first-order valence-electron chi connectivity index (χ1n) is 9.83. The Kier molecular flexibility index (Phi) is 6.68. The third-order valence-electron chi connectivity index (χ3n) is 5.13. The number of carbonyl (C=O) groups excluding carboxylic acids is 1. The minimum Gasteiger partial charge on any atom is -0.378 e. The quantitative estimate of drug-likeness (QED) is 0.650. The van der Waals surface area contributed by atoms with E-state index in [2.05, 4.69) is 51.5 Å². The van der Waals surface area contributed by atoms with E-state index in [9.17, 15) is 4.79 Å². The Morgan fingerprint density at radius 1 is 0.793 bits per heavy atom.